The molecule has 0 saturated heterocycles. The first-order valence-electron chi connectivity index (χ1n) is 27.4. The van der Waals surface area contributed by atoms with Crippen molar-refractivity contribution in [2.75, 3.05) is 47.5 Å². The van der Waals surface area contributed by atoms with E-state index in [1.54, 1.807) is 0 Å². The van der Waals surface area contributed by atoms with Crippen LogP contribution >= 0.6 is 0 Å². The zero-order valence-corrected chi connectivity index (χ0v) is 43.0. The van der Waals surface area contributed by atoms with E-state index in [2.05, 4.69) is 26.0 Å². The van der Waals surface area contributed by atoms with Crippen molar-refractivity contribution in [3.05, 3.63) is 12.2 Å². The Kier molecular flexibility index (Phi) is 46.1. The molecule has 0 aliphatic rings. The lowest BCUT2D eigenvalue weighted by Crippen LogP contribution is -2.40. The summed E-state index contributed by atoms with van der Waals surface area (Å²) in [7, 11) is 5.97. The lowest BCUT2D eigenvalue weighted by atomic mass is 10.0. The summed E-state index contributed by atoms with van der Waals surface area (Å²) in [6.07, 6.45) is 49.9. The van der Waals surface area contributed by atoms with Crippen LogP contribution in [0.4, 0.5) is 0 Å². The van der Waals surface area contributed by atoms with Gasteiger partial charge in [-0.25, -0.2) is 4.79 Å². The Morgan fingerprint density at radius 2 is 0.797 bits per heavy atom. The summed E-state index contributed by atoms with van der Waals surface area (Å²) < 4.78 is 22.9. The van der Waals surface area contributed by atoms with E-state index in [4.69, 9.17) is 18.9 Å². The zero-order chi connectivity index (χ0) is 47.0. The van der Waals surface area contributed by atoms with Gasteiger partial charge in [-0.1, -0.05) is 225 Å². The first-order valence-corrected chi connectivity index (χ1v) is 27.4. The number of aliphatic carboxylic acids is 1. The highest BCUT2D eigenvalue weighted by Gasteiger charge is 2.25. The molecule has 2 atom stereocenters. The Hall–Kier alpha value is -1.97. The Bertz CT molecular complexity index is 1060. The summed E-state index contributed by atoms with van der Waals surface area (Å²) in [6, 6.07) is 0. The molecule has 0 aromatic rings. The van der Waals surface area contributed by atoms with Crippen LogP contribution in [0.25, 0.3) is 0 Å². The van der Waals surface area contributed by atoms with Gasteiger partial charge < -0.3 is 28.5 Å². The van der Waals surface area contributed by atoms with Crippen LogP contribution in [0.2, 0.25) is 0 Å². The highest BCUT2D eigenvalue weighted by Crippen LogP contribution is 2.17. The Morgan fingerprint density at radius 1 is 0.453 bits per heavy atom. The van der Waals surface area contributed by atoms with Crippen LogP contribution in [0.15, 0.2) is 12.2 Å². The number of hydrogen-bond acceptors (Lipinski definition) is 7. The molecule has 0 radical (unpaired) electrons. The standard InChI is InChI=1S/C55H105NO8/c1-6-8-10-12-14-16-18-20-22-24-26-27-28-30-31-33-35-37-39-41-43-45-52(57)62-49-51(50-63-55(54(59)60)61-48-47-56(3,4)5)64-53(58)46-44-42-40-38-36-34-32-29-25-23-21-19-17-15-13-11-9-7-2/h23,25,51,55H,6-22,24,26-50H2,1-5H3/p+1/b25-23-. The van der Waals surface area contributed by atoms with Crippen molar-refractivity contribution in [1.82, 2.24) is 0 Å². The topological polar surface area (TPSA) is 108 Å². The normalized spacial score (nSPS) is 12.8. The number of nitrogens with zero attached hydrogens (tertiary/aromatic N) is 1. The molecule has 0 aliphatic heterocycles. The van der Waals surface area contributed by atoms with Crippen molar-refractivity contribution in [3.63, 3.8) is 0 Å². The average Bonchev–Trinajstić information content (AvgIpc) is 3.26. The number of ether oxygens (including phenoxy) is 4. The van der Waals surface area contributed by atoms with E-state index in [9.17, 15) is 19.5 Å². The van der Waals surface area contributed by atoms with Gasteiger partial charge in [0.05, 0.1) is 34.4 Å². The van der Waals surface area contributed by atoms with E-state index in [0.717, 1.165) is 51.4 Å². The zero-order valence-electron chi connectivity index (χ0n) is 43.0. The van der Waals surface area contributed by atoms with Gasteiger partial charge in [-0.05, 0) is 38.5 Å². The fourth-order valence-corrected chi connectivity index (χ4v) is 8.01. The third-order valence-electron chi connectivity index (χ3n) is 12.3. The summed E-state index contributed by atoms with van der Waals surface area (Å²) in [5.41, 5.74) is 0. The largest absolute Gasteiger partial charge is 0.477 e. The number of carbonyl (C=O) groups is 3. The summed E-state index contributed by atoms with van der Waals surface area (Å²) in [4.78, 5) is 37.3. The van der Waals surface area contributed by atoms with E-state index in [1.807, 2.05) is 21.1 Å². The molecule has 9 nitrogen and oxygen atoms in total. The average molecular weight is 909 g/mol. The third-order valence-corrected chi connectivity index (χ3v) is 12.3. The van der Waals surface area contributed by atoms with Crippen LogP contribution in [0.3, 0.4) is 0 Å². The first-order chi connectivity index (χ1) is 31.1. The number of likely N-dealkylation sites (N-methyl/N-ethyl adjacent to an activating group) is 1. The molecule has 0 rings (SSSR count). The molecule has 0 spiro atoms. The quantitative estimate of drug-likeness (QED) is 0.0211. The molecular formula is C55H106NO8+. The van der Waals surface area contributed by atoms with Crippen LogP contribution in [-0.4, -0.2) is 87.4 Å². The van der Waals surface area contributed by atoms with Gasteiger partial charge in [0.15, 0.2) is 6.10 Å². The molecule has 1 N–H and O–H groups in total. The van der Waals surface area contributed by atoms with Crippen molar-refractivity contribution in [3.8, 4) is 0 Å². The van der Waals surface area contributed by atoms with Crippen molar-refractivity contribution >= 4 is 17.9 Å². The molecule has 0 saturated carbocycles. The van der Waals surface area contributed by atoms with E-state index < -0.39 is 24.3 Å². The predicted molar refractivity (Wildman–Crippen MR) is 268 cm³/mol. The number of rotatable bonds is 51. The van der Waals surface area contributed by atoms with Gasteiger partial charge in [-0.15, -0.1) is 0 Å². The van der Waals surface area contributed by atoms with Crippen LogP contribution in [0, 0.1) is 0 Å². The fourth-order valence-electron chi connectivity index (χ4n) is 8.01. The molecule has 0 fully saturated rings. The van der Waals surface area contributed by atoms with Crippen LogP contribution in [0.5, 0.6) is 0 Å². The van der Waals surface area contributed by atoms with Crippen LogP contribution < -0.4 is 0 Å². The van der Waals surface area contributed by atoms with E-state index in [1.165, 1.54) is 186 Å². The van der Waals surface area contributed by atoms with Gasteiger partial charge in [-0.3, -0.25) is 9.59 Å². The maximum atomic E-state index is 12.8. The second-order valence-corrected chi connectivity index (χ2v) is 19.9. The highest BCUT2D eigenvalue weighted by molar-refractivity contribution is 5.71. The van der Waals surface area contributed by atoms with E-state index >= 15 is 0 Å². The summed E-state index contributed by atoms with van der Waals surface area (Å²) in [5, 5.41) is 9.68. The lowest BCUT2D eigenvalue weighted by molar-refractivity contribution is -0.870. The van der Waals surface area contributed by atoms with Crippen molar-refractivity contribution < 1.29 is 42.9 Å². The number of esters is 2. The second kappa shape index (κ2) is 47.5. The lowest BCUT2D eigenvalue weighted by Gasteiger charge is -2.25. The van der Waals surface area contributed by atoms with Gasteiger partial charge in [0.1, 0.15) is 13.2 Å². The van der Waals surface area contributed by atoms with Gasteiger partial charge in [-0.2, -0.15) is 0 Å². The third kappa shape index (κ3) is 48.0. The molecule has 64 heavy (non-hydrogen) atoms. The molecule has 378 valence electrons. The van der Waals surface area contributed by atoms with Gasteiger partial charge >= 0.3 is 17.9 Å². The molecule has 0 aromatic heterocycles. The minimum atomic E-state index is -1.51. The van der Waals surface area contributed by atoms with Crippen molar-refractivity contribution in [2.45, 2.75) is 277 Å². The summed E-state index contributed by atoms with van der Waals surface area (Å²) in [5.74, 6) is -1.99. The minimum absolute atomic E-state index is 0.177. The molecular weight excluding hydrogens is 803 g/mol. The smallest absolute Gasteiger partial charge is 0.361 e. The molecule has 0 amide bonds. The maximum Gasteiger partial charge on any atom is 0.361 e. The van der Waals surface area contributed by atoms with Gasteiger partial charge in [0, 0.05) is 12.8 Å². The fraction of sp³-hybridized carbons (Fsp3) is 0.909. The monoisotopic (exact) mass is 909 g/mol. The predicted octanol–water partition coefficient (Wildman–Crippen LogP) is 15.4. The summed E-state index contributed by atoms with van der Waals surface area (Å²) >= 11 is 0. The number of quaternary nitrogens is 1. The second-order valence-electron chi connectivity index (χ2n) is 19.9. The number of carboxylic acid groups (broad SMARTS) is 1. The highest BCUT2D eigenvalue weighted by atomic mass is 16.7. The Balaban J connectivity index is 4.26. The SMILES string of the molecule is CCCCCCCCC/C=C\CCCCCCCCCC(=O)OC(COC(=O)CCCCCCCCCCCCCCCCCCCCCCC)COC(OCC[N+](C)(C)C)C(=O)O. The number of hydrogen-bond donors (Lipinski definition) is 1. The Morgan fingerprint density at radius 3 is 1.16 bits per heavy atom. The molecule has 0 aromatic carbocycles. The number of carboxylic acids is 1. The summed E-state index contributed by atoms with van der Waals surface area (Å²) in [6.45, 7) is 4.92. The number of unbranched alkanes of at least 4 members (excludes halogenated alkanes) is 34. The molecule has 2 unspecified atom stereocenters. The number of carbonyl (C=O) groups excluding carboxylic acids is 2. The van der Waals surface area contributed by atoms with E-state index in [-0.39, 0.29) is 32.2 Å². The minimum Gasteiger partial charge on any atom is -0.477 e. The van der Waals surface area contributed by atoms with Crippen LogP contribution in [-0.2, 0) is 33.3 Å². The molecule has 9 heteroatoms. The first kappa shape index (κ1) is 62.0. The van der Waals surface area contributed by atoms with Crippen LogP contribution in [0.1, 0.15) is 264 Å². The molecule has 0 bridgehead atoms. The molecule has 0 aliphatic carbocycles. The Labute approximate surface area is 395 Å². The maximum absolute atomic E-state index is 12.8. The van der Waals surface area contributed by atoms with E-state index in [0.29, 0.717) is 17.4 Å². The molecule has 0 heterocycles. The van der Waals surface area contributed by atoms with Gasteiger partial charge in [0.2, 0.25) is 0 Å². The number of allylic oxidation sites excluding steroid dienone is 2. The van der Waals surface area contributed by atoms with Crippen molar-refractivity contribution in [1.29, 1.82) is 0 Å². The van der Waals surface area contributed by atoms with Gasteiger partial charge in [0.25, 0.3) is 6.29 Å². The van der Waals surface area contributed by atoms with Crippen molar-refractivity contribution in [2.24, 2.45) is 0 Å².